The van der Waals surface area contributed by atoms with Crippen LogP contribution in [-0.4, -0.2) is 31.2 Å². The molecule has 2 fully saturated rings. The zero-order valence-electron chi connectivity index (χ0n) is 9.13. The first kappa shape index (κ1) is 10.9. The summed E-state index contributed by atoms with van der Waals surface area (Å²) >= 11 is 0. The number of nitrogens with two attached hydrogens (primary N) is 1. The van der Waals surface area contributed by atoms with Gasteiger partial charge in [0.15, 0.2) is 0 Å². The second kappa shape index (κ2) is 4.49. The summed E-state index contributed by atoms with van der Waals surface area (Å²) in [6, 6.07) is 0. The molecule has 1 unspecified atom stereocenters. The zero-order chi connectivity index (χ0) is 10.7. The van der Waals surface area contributed by atoms with Gasteiger partial charge in [-0.25, -0.2) is 0 Å². The molecule has 1 saturated heterocycles. The Morgan fingerprint density at radius 1 is 1.53 bits per heavy atom. The van der Waals surface area contributed by atoms with E-state index in [0.29, 0.717) is 18.9 Å². The molecular formula is C11H20N2O2. The van der Waals surface area contributed by atoms with Gasteiger partial charge in [0.05, 0.1) is 0 Å². The summed E-state index contributed by atoms with van der Waals surface area (Å²) in [5, 5.41) is 2.93. The molecule has 0 aromatic heterocycles. The number of hydrogen-bond donors (Lipinski definition) is 2. The van der Waals surface area contributed by atoms with Crippen LogP contribution in [0.5, 0.6) is 0 Å². The molecule has 1 aliphatic carbocycles. The van der Waals surface area contributed by atoms with Crippen molar-refractivity contribution in [3.05, 3.63) is 0 Å². The zero-order valence-corrected chi connectivity index (χ0v) is 9.13. The maximum atomic E-state index is 11.6. The summed E-state index contributed by atoms with van der Waals surface area (Å²) in [7, 11) is 0. The van der Waals surface area contributed by atoms with Crippen LogP contribution in [-0.2, 0) is 9.53 Å². The predicted molar refractivity (Wildman–Crippen MR) is 57.3 cm³/mol. The minimum absolute atomic E-state index is 0.109. The lowest BCUT2D eigenvalue weighted by molar-refractivity contribution is -0.122. The third-order valence-corrected chi connectivity index (χ3v) is 3.49. The Labute approximate surface area is 90.5 Å². The van der Waals surface area contributed by atoms with Crippen molar-refractivity contribution in [2.24, 2.45) is 11.7 Å². The van der Waals surface area contributed by atoms with E-state index < -0.39 is 0 Å². The molecule has 86 valence electrons. The molecule has 0 aromatic rings. The van der Waals surface area contributed by atoms with E-state index in [0.717, 1.165) is 32.5 Å². The van der Waals surface area contributed by atoms with Crippen LogP contribution in [0.1, 0.15) is 32.1 Å². The second-order valence-electron chi connectivity index (χ2n) is 4.93. The Morgan fingerprint density at radius 2 is 2.33 bits per heavy atom. The van der Waals surface area contributed by atoms with E-state index in [1.807, 2.05) is 0 Å². The Balaban J connectivity index is 1.63. The highest BCUT2D eigenvalue weighted by atomic mass is 16.5. The van der Waals surface area contributed by atoms with Gasteiger partial charge in [0.2, 0.25) is 5.91 Å². The van der Waals surface area contributed by atoms with Crippen molar-refractivity contribution in [2.45, 2.75) is 37.6 Å². The standard InChI is InChI=1S/C11H20N2O2/c12-11(3-1-4-11)8-13-10(14)6-9-2-5-15-7-9/h9H,1-8,12H2,(H,13,14). The number of nitrogens with one attached hydrogen (secondary N) is 1. The molecule has 0 spiro atoms. The number of rotatable bonds is 4. The molecule has 2 rings (SSSR count). The summed E-state index contributed by atoms with van der Waals surface area (Å²) < 4.78 is 5.23. The smallest absolute Gasteiger partial charge is 0.220 e. The Bertz CT molecular complexity index is 233. The van der Waals surface area contributed by atoms with Crippen LogP contribution in [0.2, 0.25) is 0 Å². The SMILES string of the molecule is NC1(CNC(=O)CC2CCOC2)CCC1. The van der Waals surface area contributed by atoms with Gasteiger partial charge in [-0.2, -0.15) is 0 Å². The monoisotopic (exact) mass is 212 g/mol. The third-order valence-electron chi connectivity index (χ3n) is 3.49. The highest BCUT2D eigenvalue weighted by Gasteiger charge is 2.32. The van der Waals surface area contributed by atoms with Crippen molar-refractivity contribution in [1.82, 2.24) is 5.32 Å². The van der Waals surface area contributed by atoms with E-state index in [9.17, 15) is 4.79 Å². The van der Waals surface area contributed by atoms with Gasteiger partial charge >= 0.3 is 0 Å². The van der Waals surface area contributed by atoms with Crippen LogP contribution in [0.3, 0.4) is 0 Å². The molecule has 1 atom stereocenters. The van der Waals surface area contributed by atoms with E-state index in [2.05, 4.69) is 5.32 Å². The molecule has 0 aromatic carbocycles. The Morgan fingerprint density at radius 3 is 2.87 bits per heavy atom. The largest absolute Gasteiger partial charge is 0.381 e. The van der Waals surface area contributed by atoms with Crippen LogP contribution in [0.15, 0.2) is 0 Å². The lowest BCUT2D eigenvalue weighted by Crippen LogP contribution is -2.55. The highest BCUT2D eigenvalue weighted by Crippen LogP contribution is 2.28. The number of carbonyl (C=O) groups is 1. The molecule has 15 heavy (non-hydrogen) atoms. The van der Waals surface area contributed by atoms with Crippen molar-refractivity contribution in [1.29, 1.82) is 0 Å². The Hall–Kier alpha value is -0.610. The fraction of sp³-hybridized carbons (Fsp3) is 0.909. The average molecular weight is 212 g/mol. The second-order valence-corrected chi connectivity index (χ2v) is 4.93. The van der Waals surface area contributed by atoms with Crippen LogP contribution in [0, 0.1) is 5.92 Å². The van der Waals surface area contributed by atoms with Crippen LogP contribution < -0.4 is 11.1 Å². The van der Waals surface area contributed by atoms with E-state index in [-0.39, 0.29) is 11.4 Å². The van der Waals surface area contributed by atoms with E-state index in [1.165, 1.54) is 6.42 Å². The molecule has 4 nitrogen and oxygen atoms in total. The summed E-state index contributed by atoms with van der Waals surface area (Å²) in [6.07, 6.45) is 4.89. The van der Waals surface area contributed by atoms with Gasteiger partial charge in [-0.05, 0) is 31.6 Å². The molecule has 1 heterocycles. The first-order chi connectivity index (χ1) is 7.18. The minimum Gasteiger partial charge on any atom is -0.381 e. The van der Waals surface area contributed by atoms with E-state index in [1.54, 1.807) is 0 Å². The van der Waals surface area contributed by atoms with Crippen LogP contribution in [0.25, 0.3) is 0 Å². The molecule has 1 aliphatic heterocycles. The topological polar surface area (TPSA) is 64.3 Å². The number of carbonyl (C=O) groups excluding carboxylic acids is 1. The first-order valence-corrected chi connectivity index (χ1v) is 5.81. The number of ether oxygens (including phenoxy) is 1. The molecule has 1 amide bonds. The average Bonchev–Trinajstić information content (AvgIpc) is 2.64. The summed E-state index contributed by atoms with van der Waals surface area (Å²) in [6.45, 7) is 2.18. The van der Waals surface area contributed by atoms with E-state index in [4.69, 9.17) is 10.5 Å². The lowest BCUT2D eigenvalue weighted by Gasteiger charge is -2.38. The van der Waals surface area contributed by atoms with Gasteiger partial charge in [0.25, 0.3) is 0 Å². The number of amides is 1. The normalized spacial score (nSPS) is 28.5. The van der Waals surface area contributed by atoms with Gasteiger partial charge in [-0.3, -0.25) is 4.79 Å². The van der Waals surface area contributed by atoms with Crippen molar-refractivity contribution < 1.29 is 9.53 Å². The van der Waals surface area contributed by atoms with Crippen LogP contribution in [0.4, 0.5) is 0 Å². The third kappa shape index (κ3) is 2.92. The molecule has 1 saturated carbocycles. The van der Waals surface area contributed by atoms with Gasteiger partial charge in [-0.15, -0.1) is 0 Å². The molecular weight excluding hydrogens is 192 g/mol. The molecule has 0 radical (unpaired) electrons. The molecule has 4 heteroatoms. The van der Waals surface area contributed by atoms with Crippen molar-refractivity contribution in [3.8, 4) is 0 Å². The molecule has 3 N–H and O–H groups in total. The van der Waals surface area contributed by atoms with Gasteiger partial charge in [0.1, 0.15) is 0 Å². The first-order valence-electron chi connectivity index (χ1n) is 5.81. The maximum Gasteiger partial charge on any atom is 0.220 e. The highest BCUT2D eigenvalue weighted by molar-refractivity contribution is 5.76. The van der Waals surface area contributed by atoms with Crippen molar-refractivity contribution in [2.75, 3.05) is 19.8 Å². The van der Waals surface area contributed by atoms with Gasteiger partial charge < -0.3 is 15.8 Å². The summed E-state index contributed by atoms with van der Waals surface area (Å²) in [5.41, 5.74) is 5.91. The molecule has 2 aliphatic rings. The summed E-state index contributed by atoms with van der Waals surface area (Å²) in [5.74, 6) is 0.544. The Kier molecular flexibility index (Phi) is 3.26. The molecule has 0 bridgehead atoms. The van der Waals surface area contributed by atoms with E-state index >= 15 is 0 Å². The van der Waals surface area contributed by atoms with Crippen molar-refractivity contribution >= 4 is 5.91 Å². The quantitative estimate of drug-likeness (QED) is 0.709. The minimum atomic E-state index is -0.109. The predicted octanol–water partition coefficient (Wildman–Crippen LogP) is 0.411. The summed E-state index contributed by atoms with van der Waals surface area (Å²) in [4.78, 5) is 11.6. The fourth-order valence-electron chi connectivity index (χ4n) is 2.16. The maximum absolute atomic E-state index is 11.6. The van der Waals surface area contributed by atoms with Gasteiger partial charge in [-0.1, -0.05) is 0 Å². The van der Waals surface area contributed by atoms with Gasteiger partial charge in [0, 0.05) is 31.7 Å². The van der Waals surface area contributed by atoms with Crippen LogP contribution >= 0.6 is 0 Å². The fourth-order valence-corrected chi connectivity index (χ4v) is 2.16. The van der Waals surface area contributed by atoms with Crippen molar-refractivity contribution in [3.63, 3.8) is 0 Å². The lowest BCUT2D eigenvalue weighted by atomic mass is 9.78. The number of hydrogen-bond acceptors (Lipinski definition) is 3.